The summed E-state index contributed by atoms with van der Waals surface area (Å²) in [5.74, 6) is 0.430. The molecule has 0 bridgehead atoms. The number of carbonyl (C=O) groups excluding carboxylic acids is 3. The Balaban J connectivity index is 0.000000217. The van der Waals surface area contributed by atoms with E-state index >= 15 is 0 Å². The molecule has 2 heterocycles. The topological polar surface area (TPSA) is 146 Å². The lowest BCUT2D eigenvalue weighted by Crippen LogP contribution is -2.46. The number of nitrogens with zero attached hydrogens (tertiary/aromatic N) is 1. The summed E-state index contributed by atoms with van der Waals surface area (Å²) in [7, 11) is 0. The minimum Gasteiger partial charge on any atom is -0.481 e. The number of carbonyl (C=O) groups is 4. The van der Waals surface area contributed by atoms with Crippen LogP contribution in [0.1, 0.15) is 130 Å². The molecule has 2 aliphatic carbocycles. The van der Waals surface area contributed by atoms with E-state index in [0.29, 0.717) is 24.9 Å². The summed E-state index contributed by atoms with van der Waals surface area (Å²) in [4.78, 5) is 47.9. The molecule has 3 amide bonds. The van der Waals surface area contributed by atoms with E-state index in [-0.39, 0.29) is 24.9 Å². The third-order valence-corrected chi connectivity index (χ3v) is 10.5. The van der Waals surface area contributed by atoms with Crippen molar-refractivity contribution >= 4 is 35.2 Å². The number of aliphatic carboxylic acids is 1. The minimum atomic E-state index is -0.948. The fraction of sp³-hybridized carbons (Fsp3) is 0.583. The monoisotopic (exact) mass is 815 g/mol. The number of fused-ring (bicyclic) bond motifs is 4. The number of hydrogen-bond acceptors (Lipinski definition) is 7. The van der Waals surface area contributed by atoms with Gasteiger partial charge in [-0.2, -0.15) is 0 Å². The van der Waals surface area contributed by atoms with E-state index < -0.39 is 29.4 Å². The van der Waals surface area contributed by atoms with Gasteiger partial charge in [-0.3, -0.25) is 9.59 Å². The molecular weight excluding hydrogens is 745 g/mol. The van der Waals surface area contributed by atoms with Crippen LogP contribution in [0.5, 0.6) is 0 Å². The van der Waals surface area contributed by atoms with Crippen molar-refractivity contribution in [2.75, 3.05) is 26.2 Å². The molecule has 4 N–H and O–H groups in total. The van der Waals surface area contributed by atoms with Gasteiger partial charge in [0.05, 0.1) is 12.5 Å². The van der Waals surface area contributed by atoms with Crippen LogP contribution < -0.4 is 16.0 Å². The molecule has 2 unspecified atom stereocenters. The second-order valence-electron chi connectivity index (χ2n) is 18.8. The van der Waals surface area contributed by atoms with Gasteiger partial charge in [0.2, 0.25) is 5.91 Å². The summed E-state index contributed by atoms with van der Waals surface area (Å²) in [5, 5.41) is 17.0. The van der Waals surface area contributed by atoms with Crippen molar-refractivity contribution in [3.8, 4) is 0 Å². The molecule has 0 aromatic heterocycles. The molecule has 6 rings (SSSR count). The number of alkyl carbamates (subject to hydrolysis) is 2. The van der Waals surface area contributed by atoms with Crippen molar-refractivity contribution in [3.05, 3.63) is 81.9 Å². The van der Waals surface area contributed by atoms with Gasteiger partial charge >= 0.3 is 18.2 Å². The number of nitrogens with one attached hydrogen (secondary N) is 3. The van der Waals surface area contributed by atoms with Gasteiger partial charge in [-0.05, 0) is 143 Å². The van der Waals surface area contributed by atoms with Gasteiger partial charge in [0.25, 0.3) is 0 Å². The predicted molar refractivity (Wildman–Crippen MR) is 235 cm³/mol. The summed E-state index contributed by atoms with van der Waals surface area (Å²) < 4.78 is 10.1. The lowest BCUT2D eigenvalue weighted by Gasteiger charge is -2.38. The second kappa shape index (κ2) is 21.1. The first-order valence-electron chi connectivity index (χ1n) is 21.5. The molecule has 0 spiro atoms. The van der Waals surface area contributed by atoms with Gasteiger partial charge in [0, 0.05) is 32.1 Å². The summed E-state index contributed by atoms with van der Waals surface area (Å²) >= 11 is 0. The Morgan fingerprint density at radius 2 is 1.22 bits per heavy atom. The highest BCUT2D eigenvalue weighted by molar-refractivity contribution is 5.83. The highest BCUT2D eigenvalue weighted by atomic mass is 16.6. The van der Waals surface area contributed by atoms with Crippen LogP contribution in [0, 0.1) is 11.8 Å². The van der Waals surface area contributed by atoms with Crippen molar-refractivity contribution in [2.45, 2.75) is 144 Å². The molecule has 11 heteroatoms. The first-order valence-corrected chi connectivity index (χ1v) is 21.5. The average molecular weight is 815 g/mol. The summed E-state index contributed by atoms with van der Waals surface area (Å²) in [5.41, 5.74) is 10.9. The highest BCUT2D eigenvalue weighted by Crippen LogP contribution is 2.43. The largest absolute Gasteiger partial charge is 0.481 e. The van der Waals surface area contributed by atoms with E-state index in [4.69, 9.17) is 14.6 Å². The standard InChI is InChI=1S/C24H34N2O3.C16H21N.C8H15NO4/c1-16(2)14-21-20-15-17-8-6-7-9-18(17)19(20)11-13-26(21)22(27)10-12-25-23(28)29-24(3,4)5;1-11(2)9-16-15-10-12-5-3-4-6-13(12)14(15)7-8-17-16;1-8(2,3)13-7(12)9-5-4-6(10)11/h6-9,16,21H,10-15H2,1-5H3,(H,25,28);3-6,11,16-17H,7-10H2,1-2H3;4-5H2,1-3H3,(H,9,12)(H,10,11). The van der Waals surface area contributed by atoms with Crippen molar-refractivity contribution < 1.29 is 33.8 Å². The van der Waals surface area contributed by atoms with Crippen LogP contribution in [0.15, 0.2) is 59.7 Å². The predicted octanol–water partition coefficient (Wildman–Crippen LogP) is 8.95. The number of benzene rings is 2. The zero-order valence-electron chi connectivity index (χ0n) is 37.3. The fourth-order valence-electron chi connectivity index (χ4n) is 8.25. The number of hydrogen-bond donors (Lipinski definition) is 4. The van der Waals surface area contributed by atoms with Crippen LogP contribution in [0.4, 0.5) is 9.59 Å². The molecule has 2 aliphatic heterocycles. The van der Waals surface area contributed by atoms with Crippen molar-refractivity contribution in [1.82, 2.24) is 20.9 Å². The second-order valence-corrected chi connectivity index (χ2v) is 18.8. The Kier molecular flexibility index (Phi) is 16.8. The van der Waals surface area contributed by atoms with Crippen LogP contribution in [0.2, 0.25) is 0 Å². The Hall–Kier alpha value is -4.64. The molecule has 0 fully saturated rings. The molecule has 0 saturated heterocycles. The van der Waals surface area contributed by atoms with Crippen LogP contribution in [-0.2, 0) is 31.9 Å². The Morgan fingerprint density at radius 1 is 0.729 bits per heavy atom. The first kappa shape index (κ1) is 47.0. The number of carboxylic acid groups (broad SMARTS) is 1. The fourth-order valence-corrected chi connectivity index (χ4v) is 8.25. The van der Waals surface area contributed by atoms with Crippen molar-refractivity contribution in [2.24, 2.45) is 11.8 Å². The van der Waals surface area contributed by atoms with Crippen molar-refractivity contribution in [1.29, 1.82) is 0 Å². The van der Waals surface area contributed by atoms with E-state index in [9.17, 15) is 19.2 Å². The minimum absolute atomic E-state index is 0.0875. The third-order valence-electron chi connectivity index (χ3n) is 10.5. The SMILES string of the molecule is CC(C)(C)OC(=O)NCCC(=O)O.CC(C)CC1C2=C(CCN1C(=O)CCNC(=O)OC(C)(C)C)c1ccccc1C2.CC(C)CC1NCCC2=C1Cc1ccccc12. The van der Waals surface area contributed by atoms with E-state index in [1.165, 1.54) is 52.7 Å². The van der Waals surface area contributed by atoms with Gasteiger partial charge in [0.1, 0.15) is 11.2 Å². The Bertz CT molecular complexity index is 1850. The van der Waals surface area contributed by atoms with Crippen LogP contribution >= 0.6 is 0 Å². The van der Waals surface area contributed by atoms with Crippen molar-refractivity contribution in [3.63, 3.8) is 0 Å². The molecular formula is C48H70N4O7. The Labute approximate surface area is 352 Å². The van der Waals surface area contributed by atoms with E-state index in [2.05, 4.69) is 92.2 Å². The molecule has 59 heavy (non-hydrogen) atoms. The lowest BCUT2D eigenvalue weighted by atomic mass is 9.87. The number of amides is 3. The molecule has 11 nitrogen and oxygen atoms in total. The van der Waals surface area contributed by atoms with E-state index in [1.807, 2.05) is 25.7 Å². The molecule has 2 atom stereocenters. The maximum Gasteiger partial charge on any atom is 0.407 e. The number of ether oxygens (including phenoxy) is 2. The zero-order valence-corrected chi connectivity index (χ0v) is 37.3. The number of carboxylic acids is 1. The maximum atomic E-state index is 13.0. The molecule has 0 saturated carbocycles. The zero-order chi connectivity index (χ0) is 43.5. The van der Waals surface area contributed by atoms with Gasteiger partial charge in [-0.1, -0.05) is 76.2 Å². The van der Waals surface area contributed by atoms with Gasteiger partial charge in [0.15, 0.2) is 0 Å². The van der Waals surface area contributed by atoms with E-state index in [1.54, 1.807) is 31.9 Å². The lowest BCUT2D eigenvalue weighted by molar-refractivity contribution is -0.137. The van der Waals surface area contributed by atoms with Crippen LogP contribution in [-0.4, -0.2) is 83.5 Å². The molecule has 0 radical (unpaired) electrons. The smallest absolute Gasteiger partial charge is 0.407 e. The van der Waals surface area contributed by atoms with Crippen LogP contribution in [0.3, 0.4) is 0 Å². The molecule has 2 aromatic carbocycles. The van der Waals surface area contributed by atoms with Gasteiger partial charge in [-0.15, -0.1) is 0 Å². The van der Waals surface area contributed by atoms with Gasteiger partial charge < -0.3 is 35.4 Å². The van der Waals surface area contributed by atoms with Crippen LogP contribution in [0.25, 0.3) is 11.1 Å². The average Bonchev–Trinajstić information content (AvgIpc) is 3.70. The number of rotatable bonds is 10. The normalized spacial score (nSPS) is 18.1. The quantitative estimate of drug-likeness (QED) is 0.186. The molecule has 324 valence electrons. The summed E-state index contributed by atoms with van der Waals surface area (Å²) in [6.45, 7) is 22.0. The maximum absolute atomic E-state index is 13.0. The Morgan fingerprint density at radius 3 is 1.73 bits per heavy atom. The summed E-state index contributed by atoms with van der Waals surface area (Å²) in [6.07, 6.45) is 5.62. The van der Waals surface area contributed by atoms with E-state index in [0.717, 1.165) is 38.3 Å². The molecule has 4 aliphatic rings. The highest BCUT2D eigenvalue weighted by Gasteiger charge is 2.37. The first-order chi connectivity index (χ1) is 27.7. The molecule has 2 aromatic rings. The van der Waals surface area contributed by atoms with Gasteiger partial charge in [-0.25, -0.2) is 9.59 Å². The third kappa shape index (κ3) is 14.5. The summed E-state index contributed by atoms with van der Waals surface area (Å²) in [6, 6.07) is 18.3.